The highest BCUT2D eigenvalue weighted by Crippen LogP contribution is 2.43. The lowest BCUT2D eigenvalue weighted by Gasteiger charge is -2.30. The van der Waals surface area contributed by atoms with Crippen molar-refractivity contribution in [3.8, 4) is 33.4 Å². The molecule has 0 unspecified atom stereocenters. The average molecular weight is 858 g/mol. The van der Waals surface area contributed by atoms with Crippen LogP contribution in [-0.2, 0) is 0 Å². The van der Waals surface area contributed by atoms with E-state index >= 15 is 0 Å². The van der Waals surface area contributed by atoms with E-state index in [1.54, 1.807) is 0 Å². The van der Waals surface area contributed by atoms with Crippen LogP contribution in [0, 0.1) is 0 Å². The maximum atomic E-state index is 6.61. The maximum Gasteiger partial charge on any atom is 0.139 e. The number of fused-ring (bicyclic) bond motifs is 3. The van der Waals surface area contributed by atoms with Gasteiger partial charge >= 0.3 is 0 Å². The van der Waals surface area contributed by atoms with Gasteiger partial charge in [-0.3, -0.25) is 0 Å². The average Bonchev–Trinajstić information content (AvgIpc) is 3.72. The van der Waals surface area contributed by atoms with Crippen LogP contribution in [0.5, 0.6) is 0 Å². The maximum absolute atomic E-state index is 6.61. The standard InChI is InChI=1S/C50H46B18O/c51-33-18(25-21-23-29(39(57)35(25)53)45(63)49(67)47(65)31(23)43(61)41(59)27(21)37(33)55)12-8-11(14-5-3-7-17-20(14)15-4-1-2-6-16(15)69-17)9-13(10-12)19-26-22-24-30(40(58)36(26)54)46(64)50(68)48(66)32(24)44(62)42(60)28(22)38(56)34(19)52/h1-10H,51-68H2. The Labute approximate surface area is 422 Å². The molecule has 0 saturated carbocycles. The molecule has 0 N–H and O–H groups in total. The van der Waals surface area contributed by atoms with Gasteiger partial charge in [-0.2, -0.15) is 0 Å². The molecule has 306 valence electrons. The van der Waals surface area contributed by atoms with Gasteiger partial charge in [0.05, 0.1) is 0 Å². The summed E-state index contributed by atoms with van der Waals surface area (Å²) in [6.07, 6.45) is 0. The topological polar surface area (TPSA) is 13.1 Å². The molecule has 1 nitrogen and oxygen atoms in total. The van der Waals surface area contributed by atoms with E-state index in [0.29, 0.717) is 0 Å². The number of rotatable bonds is 3. The fourth-order valence-electron chi connectivity index (χ4n) is 14.2. The Morgan fingerprint density at radius 1 is 0.232 bits per heavy atom. The van der Waals surface area contributed by atoms with E-state index in [2.05, 4.69) is 202 Å². The zero-order chi connectivity index (χ0) is 48.9. The molecule has 0 radical (unpaired) electrons. The van der Waals surface area contributed by atoms with Gasteiger partial charge in [0.15, 0.2) is 0 Å². The number of furan rings is 1. The van der Waals surface area contributed by atoms with E-state index < -0.39 is 0 Å². The van der Waals surface area contributed by atoms with E-state index in [-0.39, 0.29) is 0 Å². The summed E-state index contributed by atoms with van der Waals surface area (Å²) in [4.78, 5) is 0. The van der Waals surface area contributed by atoms with Crippen molar-refractivity contribution >= 4 is 326 Å². The first-order valence-electron chi connectivity index (χ1n) is 25.2. The largest absolute Gasteiger partial charge is 0.456 e. The quantitative estimate of drug-likeness (QED) is 0.127. The minimum absolute atomic E-state index is 0.918. The van der Waals surface area contributed by atoms with Gasteiger partial charge in [0, 0.05) is 10.8 Å². The van der Waals surface area contributed by atoms with Crippen LogP contribution in [0.15, 0.2) is 65.1 Å². The van der Waals surface area contributed by atoms with Gasteiger partial charge in [0.1, 0.15) is 152 Å². The number of hydrogen-bond donors (Lipinski definition) is 0. The van der Waals surface area contributed by atoms with Gasteiger partial charge in [0.2, 0.25) is 0 Å². The van der Waals surface area contributed by atoms with Crippen LogP contribution in [0.2, 0.25) is 0 Å². The Kier molecular flexibility index (Phi) is 9.70. The van der Waals surface area contributed by atoms with E-state index in [1.807, 2.05) is 0 Å². The van der Waals surface area contributed by atoms with Crippen LogP contribution in [0.1, 0.15) is 0 Å². The summed E-state index contributed by atoms with van der Waals surface area (Å²) in [5.41, 5.74) is 34.6. The van der Waals surface area contributed by atoms with Crippen molar-refractivity contribution in [1.29, 1.82) is 0 Å². The second-order valence-electron chi connectivity index (χ2n) is 21.6. The van der Waals surface area contributed by atoms with Crippen LogP contribution >= 0.6 is 0 Å². The van der Waals surface area contributed by atoms with Crippen LogP contribution in [0.25, 0.3) is 120 Å². The Morgan fingerprint density at radius 2 is 0.536 bits per heavy atom. The molecule has 0 amide bonds. The summed E-state index contributed by atoms with van der Waals surface area (Å²) < 4.78 is 6.61. The van der Waals surface area contributed by atoms with Gasteiger partial charge < -0.3 is 4.42 Å². The molecule has 69 heavy (non-hydrogen) atoms. The van der Waals surface area contributed by atoms with Crippen molar-refractivity contribution in [3.63, 3.8) is 0 Å². The summed E-state index contributed by atoms with van der Waals surface area (Å²) in [5.74, 6) is 0. The van der Waals surface area contributed by atoms with Crippen molar-refractivity contribution in [2.75, 3.05) is 0 Å². The molecular formula is C50H46B18O. The number of benzene rings is 11. The molecule has 0 aliphatic rings. The normalized spacial score (nSPS) is 12.2. The fourth-order valence-corrected chi connectivity index (χ4v) is 14.2. The molecule has 12 aromatic rings. The molecule has 0 aliphatic heterocycles. The van der Waals surface area contributed by atoms with E-state index in [4.69, 9.17) is 4.42 Å². The number of para-hydroxylation sites is 1. The molecule has 1 heterocycles. The van der Waals surface area contributed by atoms with E-state index in [1.165, 1.54) is 202 Å². The highest BCUT2D eigenvalue weighted by molar-refractivity contribution is 6.77. The van der Waals surface area contributed by atoms with Crippen LogP contribution in [0.4, 0.5) is 0 Å². The van der Waals surface area contributed by atoms with Gasteiger partial charge in [0.25, 0.3) is 0 Å². The Hall–Kier alpha value is -5.53. The van der Waals surface area contributed by atoms with Crippen LogP contribution < -0.4 is 98.3 Å². The summed E-state index contributed by atoms with van der Waals surface area (Å²) in [6, 6.07) is 22.8. The van der Waals surface area contributed by atoms with Crippen LogP contribution in [-0.4, -0.2) is 141 Å². The highest BCUT2D eigenvalue weighted by Gasteiger charge is 2.29. The highest BCUT2D eigenvalue weighted by atomic mass is 16.3. The first-order valence-corrected chi connectivity index (χ1v) is 25.2. The lowest BCUT2D eigenvalue weighted by atomic mass is 9.58. The monoisotopic (exact) mass is 861 g/mol. The van der Waals surface area contributed by atoms with Crippen molar-refractivity contribution in [2.24, 2.45) is 0 Å². The predicted octanol–water partition coefficient (Wildman–Crippen LogP) is -17.0. The Morgan fingerprint density at radius 3 is 0.942 bits per heavy atom. The Balaban J connectivity index is 1.32. The third kappa shape index (κ3) is 5.52. The van der Waals surface area contributed by atoms with Crippen molar-refractivity contribution in [1.82, 2.24) is 0 Å². The van der Waals surface area contributed by atoms with Gasteiger partial charge in [-0.1, -0.05) is 118 Å². The molecule has 0 atom stereocenters. The molecule has 0 bridgehead atoms. The van der Waals surface area contributed by atoms with Gasteiger partial charge in [-0.05, 0) is 128 Å². The molecule has 0 fully saturated rings. The second kappa shape index (κ2) is 15.0. The molecule has 0 saturated heterocycles. The number of hydrogen-bond acceptors (Lipinski definition) is 1. The molecule has 1 aromatic heterocycles. The molecular weight excluding hydrogens is 811 g/mol. The zero-order valence-corrected chi connectivity index (χ0v) is 44.2. The summed E-state index contributed by atoms with van der Waals surface area (Å²) in [5, 5.41) is 19.4. The molecule has 0 aliphatic carbocycles. The van der Waals surface area contributed by atoms with Crippen LogP contribution in [0.3, 0.4) is 0 Å². The third-order valence-electron chi connectivity index (χ3n) is 18.8. The first-order chi connectivity index (χ1) is 32.8. The first kappa shape index (κ1) is 44.7. The van der Waals surface area contributed by atoms with Crippen molar-refractivity contribution < 1.29 is 4.42 Å². The smallest absolute Gasteiger partial charge is 0.139 e. The van der Waals surface area contributed by atoms with Gasteiger partial charge in [-0.25, -0.2) is 0 Å². The summed E-state index contributed by atoms with van der Waals surface area (Å²) >= 11 is 0. The second-order valence-corrected chi connectivity index (χ2v) is 21.6. The van der Waals surface area contributed by atoms with Gasteiger partial charge in [-0.15, -0.1) is 10.9 Å². The molecule has 11 aromatic carbocycles. The third-order valence-corrected chi connectivity index (χ3v) is 18.8. The minimum Gasteiger partial charge on any atom is -0.456 e. The lowest BCUT2D eigenvalue weighted by Crippen LogP contribution is -2.48. The molecule has 12 rings (SSSR count). The zero-order valence-electron chi connectivity index (χ0n) is 44.2. The van der Waals surface area contributed by atoms with Crippen molar-refractivity contribution in [2.45, 2.75) is 0 Å². The fraction of sp³-hybridized carbons (Fsp3) is 0. The summed E-state index contributed by atoms with van der Waals surface area (Å²) in [6.45, 7) is 0. The summed E-state index contributed by atoms with van der Waals surface area (Å²) in [7, 11) is 42.7. The van der Waals surface area contributed by atoms with Crippen molar-refractivity contribution in [3.05, 3.63) is 60.7 Å². The predicted molar refractivity (Wildman–Crippen MR) is 365 cm³/mol. The lowest BCUT2D eigenvalue weighted by molar-refractivity contribution is 0.669. The van der Waals surface area contributed by atoms with E-state index in [0.717, 1.165) is 16.6 Å². The van der Waals surface area contributed by atoms with E-state index in [9.17, 15) is 0 Å². The molecule has 0 spiro atoms. The molecule has 19 heteroatoms. The SMILES string of the molecule is Bc1c(B)c2c(B)c(B)c3c(B)c(B)c(-c4cc(-c5c(B)c(B)c6c(B)c(B)c7c(B)c(B)c(B)c8c(B)c(B)c5c6c78)cc(-c5cccc6oc7ccccc7c56)c4)c4c(B)c(B)c(c1B)c2c34. The minimum atomic E-state index is 0.918. The Bertz CT molecular complexity index is 4130.